The Bertz CT molecular complexity index is 1720. The first-order valence-corrected chi connectivity index (χ1v) is 15.5. The summed E-state index contributed by atoms with van der Waals surface area (Å²) in [7, 11) is 2.69. The first-order valence-electron chi connectivity index (χ1n) is 15.5. The molecule has 1 aromatic heterocycles. The maximum absolute atomic E-state index is 12.8. The van der Waals surface area contributed by atoms with Crippen LogP contribution in [0.5, 0.6) is 11.5 Å². The van der Waals surface area contributed by atoms with Crippen molar-refractivity contribution < 1.29 is 48.0 Å². The molecule has 3 aromatic rings. The largest absolute Gasteiger partial charge is 0.514 e. The summed E-state index contributed by atoms with van der Waals surface area (Å²) in [6.07, 6.45) is 5.60. The van der Waals surface area contributed by atoms with Crippen LogP contribution in [-0.2, 0) is 44.1 Å². The topological polar surface area (TPSA) is 245 Å². The summed E-state index contributed by atoms with van der Waals surface area (Å²) in [5.41, 5.74) is 0.928. The molecule has 0 radical (unpaired) electrons. The molecule has 0 bridgehead atoms. The minimum absolute atomic E-state index is 0.0295. The van der Waals surface area contributed by atoms with Gasteiger partial charge in [0.2, 0.25) is 11.8 Å². The molecular weight excluding hydrogens is 674 g/mol. The Kier molecular flexibility index (Phi) is 15.5. The van der Waals surface area contributed by atoms with Gasteiger partial charge in [0, 0.05) is 30.8 Å². The number of amides is 2. The predicted octanol–water partition coefficient (Wildman–Crippen LogP) is 3.47. The Morgan fingerprint density at radius 2 is 1.65 bits per heavy atom. The van der Waals surface area contributed by atoms with Crippen LogP contribution in [0.4, 0.5) is 22.1 Å². The van der Waals surface area contributed by atoms with E-state index in [0.717, 1.165) is 37.8 Å². The summed E-state index contributed by atoms with van der Waals surface area (Å²) in [5.74, 6) is -1.48. The number of imidazole rings is 1. The van der Waals surface area contributed by atoms with Crippen molar-refractivity contribution in [2.24, 2.45) is 7.05 Å². The monoisotopic (exact) mass is 711 g/mol. The van der Waals surface area contributed by atoms with Gasteiger partial charge in [-0.25, -0.2) is 14.2 Å². The van der Waals surface area contributed by atoms with E-state index < -0.39 is 27.9 Å². The van der Waals surface area contributed by atoms with E-state index in [2.05, 4.69) is 25.7 Å². The molecule has 3 rings (SSSR count). The Morgan fingerprint density at radius 1 is 0.922 bits per heavy atom. The lowest BCUT2D eigenvalue weighted by atomic mass is 10.2. The van der Waals surface area contributed by atoms with E-state index in [-0.39, 0.29) is 54.5 Å². The fourth-order valence-corrected chi connectivity index (χ4v) is 4.29. The summed E-state index contributed by atoms with van der Waals surface area (Å²) in [5, 5.41) is 30.5. The van der Waals surface area contributed by atoms with Crippen LogP contribution in [-0.4, -0.2) is 70.1 Å². The van der Waals surface area contributed by atoms with E-state index in [0.29, 0.717) is 24.3 Å². The maximum atomic E-state index is 12.8. The lowest BCUT2D eigenvalue weighted by molar-refractivity contribution is -0.396. The molecule has 51 heavy (non-hydrogen) atoms. The minimum Gasteiger partial charge on any atom is -0.484 e. The molecule has 2 aromatic carbocycles. The second kappa shape index (κ2) is 20.2. The number of methoxy groups -OCH3 is 1. The summed E-state index contributed by atoms with van der Waals surface area (Å²) >= 11 is 0. The number of nitro benzene ring substituents is 1. The highest BCUT2D eigenvalue weighted by Crippen LogP contribution is 2.28. The lowest BCUT2D eigenvalue weighted by Gasteiger charge is -2.14. The molecule has 0 aliphatic rings. The SMILES string of the molecule is COC(=O)/C=C\C(=O)NCCCCCCNCC(=O)Nc1cc(COC(=O)Oc2ccc([N+](=O)[O-])cc2)ccc1OCc1cnc([N+](=O)[O-])n1C. The van der Waals surface area contributed by atoms with Crippen LogP contribution < -0.4 is 25.4 Å². The molecule has 0 saturated heterocycles. The Balaban J connectivity index is 1.51. The number of anilines is 1. The second-order valence-electron chi connectivity index (χ2n) is 10.7. The molecular formula is C32H37N7O12. The maximum Gasteiger partial charge on any atom is 0.514 e. The summed E-state index contributed by atoms with van der Waals surface area (Å²) < 4.78 is 21.8. The normalized spacial score (nSPS) is 10.7. The van der Waals surface area contributed by atoms with Crippen molar-refractivity contribution in [2.75, 3.05) is 32.1 Å². The van der Waals surface area contributed by atoms with Crippen LogP contribution in [0.15, 0.2) is 60.8 Å². The molecule has 19 heteroatoms. The van der Waals surface area contributed by atoms with E-state index in [1.165, 1.54) is 61.3 Å². The molecule has 0 aliphatic carbocycles. The Labute approximate surface area is 291 Å². The number of benzene rings is 2. The van der Waals surface area contributed by atoms with E-state index in [1.807, 2.05) is 0 Å². The van der Waals surface area contributed by atoms with Gasteiger partial charge in [-0.2, -0.15) is 0 Å². The zero-order chi connectivity index (χ0) is 37.2. The number of hydrogen-bond acceptors (Lipinski definition) is 14. The fourth-order valence-electron chi connectivity index (χ4n) is 4.29. The number of nitrogens with zero attached hydrogens (tertiary/aromatic N) is 4. The van der Waals surface area contributed by atoms with Gasteiger partial charge in [0.15, 0.2) is 5.69 Å². The molecule has 0 aliphatic heterocycles. The number of carbonyl (C=O) groups is 4. The predicted molar refractivity (Wildman–Crippen MR) is 179 cm³/mol. The number of aromatic nitrogens is 2. The third kappa shape index (κ3) is 13.6. The van der Waals surface area contributed by atoms with Gasteiger partial charge in [0.05, 0.1) is 31.3 Å². The molecule has 0 fully saturated rings. The van der Waals surface area contributed by atoms with E-state index in [1.54, 1.807) is 6.07 Å². The number of esters is 1. The van der Waals surface area contributed by atoms with Gasteiger partial charge in [-0.15, -0.1) is 0 Å². The number of unbranched alkanes of at least 4 members (excludes halogenated alkanes) is 3. The molecule has 19 nitrogen and oxygen atoms in total. The van der Waals surface area contributed by atoms with Crippen LogP contribution in [0, 0.1) is 20.2 Å². The van der Waals surface area contributed by atoms with Crippen molar-refractivity contribution in [3.8, 4) is 11.5 Å². The zero-order valence-electron chi connectivity index (χ0n) is 27.8. The molecule has 272 valence electrons. The number of carbonyl (C=O) groups excluding carboxylic acids is 4. The van der Waals surface area contributed by atoms with Gasteiger partial charge in [-0.05, 0) is 54.1 Å². The average Bonchev–Trinajstić information content (AvgIpc) is 3.48. The number of hydrogen-bond donors (Lipinski definition) is 3. The van der Waals surface area contributed by atoms with Crippen molar-refractivity contribution in [1.29, 1.82) is 0 Å². The van der Waals surface area contributed by atoms with Crippen molar-refractivity contribution in [3.63, 3.8) is 0 Å². The van der Waals surface area contributed by atoms with Gasteiger partial charge in [-0.3, -0.25) is 19.7 Å². The third-order valence-electron chi connectivity index (χ3n) is 6.96. The van der Waals surface area contributed by atoms with Crippen molar-refractivity contribution in [1.82, 2.24) is 20.2 Å². The smallest absolute Gasteiger partial charge is 0.484 e. The Morgan fingerprint density at radius 3 is 2.31 bits per heavy atom. The molecule has 0 unspecified atom stereocenters. The van der Waals surface area contributed by atoms with E-state index in [4.69, 9.17) is 14.2 Å². The van der Waals surface area contributed by atoms with Gasteiger partial charge in [0.1, 0.15) is 30.9 Å². The van der Waals surface area contributed by atoms with E-state index in [9.17, 15) is 39.4 Å². The zero-order valence-corrected chi connectivity index (χ0v) is 27.8. The van der Waals surface area contributed by atoms with Crippen LogP contribution in [0.1, 0.15) is 36.9 Å². The number of nitro groups is 2. The number of ether oxygens (including phenoxy) is 4. The first kappa shape index (κ1) is 39.1. The lowest BCUT2D eigenvalue weighted by Crippen LogP contribution is -2.29. The third-order valence-corrected chi connectivity index (χ3v) is 6.96. The van der Waals surface area contributed by atoms with Gasteiger partial charge in [-0.1, -0.05) is 23.9 Å². The molecule has 0 saturated carbocycles. The van der Waals surface area contributed by atoms with Gasteiger partial charge < -0.3 is 45.0 Å². The van der Waals surface area contributed by atoms with Crippen molar-refractivity contribution in [2.45, 2.75) is 38.9 Å². The molecule has 0 atom stereocenters. The fraction of sp³-hybridized carbons (Fsp3) is 0.344. The molecule has 3 N–H and O–H groups in total. The first-order chi connectivity index (χ1) is 24.5. The van der Waals surface area contributed by atoms with Crippen LogP contribution in [0.3, 0.4) is 0 Å². The van der Waals surface area contributed by atoms with Crippen LogP contribution in [0.2, 0.25) is 0 Å². The quantitative estimate of drug-likeness (QED) is 0.0379. The van der Waals surface area contributed by atoms with E-state index >= 15 is 0 Å². The summed E-state index contributed by atoms with van der Waals surface area (Å²) in [6, 6.07) is 9.50. The van der Waals surface area contributed by atoms with Crippen molar-refractivity contribution >= 4 is 41.3 Å². The molecule has 2 amide bonds. The van der Waals surface area contributed by atoms with Gasteiger partial charge in [0.25, 0.3) is 5.69 Å². The number of nitrogens with one attached hydrogen (secondary N) is 3. The number of non-ortho nitro benzene ring substituents is 1. The highest BCUT2D eigenvalue weighted by molar-refractivity contribution is 5.94. The highest BCUT2D eigenvalue weighted by Gasteiger charge is 2.19. The van der Waals surface area contributed by atoms with Crippen LogP contribution >= 0.6 is 0 Å². The standard InChI is InChI=1S/C32H37N7O12/c1-37-24(18-35-31(37)39(46)47)21-49-27-12-7-22(20-50-32(43)51-25-10-8-23(9-11-25)38(44)45)17-26(27)36-29(41)19-33-15-5-3-4-6-16-34-28(40)13-14-30(42)48-2/h7-14,17-18,33H,3-6,15-16,19-21H2,1-2H3,(H,34,40)(H,36,41)/b14-13-. The van der Waals surface area contributed by atoms with Crippen LogP contribution in [0.25, 0.3) is 0 Å². The molecule has 0 spiro atoms. The summed E-state index contributed by atoms with van der Waals surface area (Å²) in [6.45, 7) is 0.610. The average molecular weight is 712 g/mol. The second-order valence-corrected chi connectivity index (χ2v) is 10.7. The molecule has 1 heterocycles. The van der Waals surface area contributed by atoms with Gasteiger partial charge >= 0.3 is 18.1 Å². The summed E-state index contributed by atoms with van der Waals surface area (Å²) in [4.78, 5) is 72.2. The Hall–Kier alpha value is -6.37. The number of rotatable bonds is 20. The minimum atomic E-state index is -1.06. The highest BCUT2D eigenvalue weighted by atomic mass is 16.7. The van der Waals surface area contributed by atoms with Crippen molar-refractivity contribution in [3.05, 3.63) is 92.3 Å².